The van der Waals surface area contributed by atoms with Crippen molar-refractivity contribution < 1.29 is 4.74 Å². The van der Waals surface area contributed by atoms with Gasteiger partial charge in [0.25, 0.3) is 0 Å². The van der Waals surface area contributed by atoms with E-state index >= 15 is 0 Å². The Balaban J connectivity index is 2.18. The quantitative estimate of drug-likeness (QED) is 0.880. The number of ether oxygens (including phenoxy) is 1. The molecule has 0 aromatic heterocycles. The molecule has 0 fully saturated rings. The van der Waals surface area contributed by atoms with Crippen LogP contribution in [0.5, 0.6) is 5.75 Å². The number of nitriles is 1. The van der Waals surface area contributed by atoms with Crippen molar-refractivity contribution in [3.63, 3.8) is 0 Å². The summed E-state index contributed by atoms with van der Waals surface area (Å²) in [6, 6.07) is 15.3. The zero-order valence-electron chi connectivity index (χ0n) is 11.9. The molecular weight excluding hydrogens is 284 g/mol. The van der Waals surface area contributed by atoms with Gasteiger partial charge in [0.2, 0.25) is 0 Å². The molecular formula is C17H17ClN2O. The maximum Gasteiger partial charge on any atom is 0.142 e. The van der Waals surface area contributed by atoms with Gasteiger partial charge in [-0.05, 0) is 18.7 Å². The molecule has 2 aromatic rings. The molecule has 0 radical (unpaired) electrons. The van der Waals surface area contributed by atoms with Gasteiger partial charge >= 0.3 is 0 Å². The van der Waals surface area contributed by atoms with Crippen molar-refractivity contribution >= 4 is 11.6 Å². The third-order valence-corrected chi connectivity index (χ3v) is 3.42. The highest BCUT2D eigenvalue weighted by atomic mass is 35.5. The van der Waals surface area contributed by atoms with E-state index in [-0.39, 0.29) is 0 Å². The van der Waals surface area contributed by atoms with Crippen LogP contribution < -0.4 is 10.1 Å². The van der Waals surface area contributed by atoms with Crippen LogP contribution in [0, 0.1) is 11.3 Å². The highest BCUT2D eigenvalue weighted by Crippen LogP contribution is 2.29. The maximum atomic E-state index is 9.10. The first-order valence-electron chi connectivity index (χ1n) is 6.85. The molecule has 4 heteroatoms. The van der Waals surface area contributed by atoms with E-state index in [0.29, 0.717) is 29.5 Å². The van der Waals surface area contributed by atoms with Crippen molar-refractivity contribution in [1.82, 2.24) is 5.32 Å². The summed E-state index contributed by atoms with van der Waals surface area (Å²) in [6.07, 6.45) is 0. The second-order valence-electron chi connectivity index (χ2n) is 4.57. The van der Waals surface area contributed by atoms with Crippen LogP contribution >= 0.6 is 11.6 Å². The topological polar surface area (TPSA) is 45.0 Å². The summed E-state index contributed by atoms with van der Waals surface area (Å²) in [4.78, 5) is 0. The molecule has 2 rings (SSSR count). The Morgan fingerprint density at radius 1 is 1.14 bits per heavy atom. The Morgan fingerprint density at radius 3 is 2.67 bits per heavy atom. The van der Waals surface area contributed by atoms with E-state index in [9.17, 15) is 0 Å². The first-order chi connectivity index (χ1) is 10.3. The predicted octanol–water partition coefficient (Wildman–Crippen LogP) is 3.90. The van der Waals surface area contributed by atoms with Gasteiger partial charge in [0.1, 0.15) is 12.4 Å². The minimum atomic E-state index is 0.326. The van der Waals surface area contributed by atoms with Gasteiger partial charge in [0.05, 0.1) is 16.7 Å². The highest BCUT2D eigenvalue weighted by molar-refractivity contribution is 6.32. The molecule has 0 bridgehead atoms. The lowest BCUT2D eigenvalue weighted by atomic mass is 10.1. The molecule has 0 aliphatic rings. The van der Waals surface area contributed by atoms with Crippen molar-refractivity contribution in [1.29, 1.82) is 5.26 Å². The normalized spacial score (nSPS) is 10.1. The fourth-order valence-corrected chi connectivity index (χ4v) is 2.27. The third-order valence-electron chi connectivity index (χ3n) is 3.12. The van der Waals surface area contributed by atoms with Crippen molar-refractivity contribution in [2.24, 2.45) is 0 Å². The van der Waals surface area contributed by atoms with Crippen LogP contribution in [0.15, 0.2) is 42.5 Å². The molecule has 0 saturated carbocycles. The number of rotatable bonds is 6. The lowest BCUT2D eigenvalue weighted by Crippen LogP contribution is -2.13. The molecule has 3 nitrogen and oxygen atoms in total. The predicted molar refractivity (Wildman–Crippen MR) is 84.3 cm³/mol. The SMILES string of the molecule is CCNCc1cccc(Cl)c1OCc1ccccc1C#N. The summed E-state index contributed by atoms with van der Waals surface area (Å²) in [7, 11) is 0. The van der Waals surface area contributed by atoms with Crippen LogP contribution in [0.4, 0.5) is 0 Å². The summed E-state index contributed by atoms with van der Waals surface area (Å²) in [6.45, 7) is 3.95. The number of benzene rings is 2. The van der Waals surface area contributed by atoms with Crippen LogP contribution in [0.1, 0.15) is 23.6 Å². The molecule has 0 atom stereocenters. The first kappa shape index (κ1) is 15.4. The Kier molecular flexibility index (Phi) is 5.62. The number of nitrogens with zero attached hydrogens (tertiary/aromatic N) is 1. The number of para-hydroxylation sites is 1. The second kappa shape index (κ2) is 7.68. The fraction of sp³-hybridized carbons (Fsp3) is 0.235. The van der Waals surface area contributed by atoms with Crippen molar-refractivity contribution in [3.05, 3.63) is 64.2 Å². The average Bonchev–Trinajstić information content (AvgIpc) is 2.52. The Morgan fingerprint density at radius 2 is 1.90 bits per heavy atom. The largest absolute Gasteiger partial charge is 0.487 e. The second-order valence-corrected chi connectivity index (χ2v) is 4.97. The zero-order chi connectivity index (χ0) is 15.1. The number of hydrogen-bond acceptors (Lipinski definition) is 3. The van der Waals surface area contributed by atoms with Crippen molar-refractivity contribution in [3.8, 4) is 11.8 Å². The molecule has 1 N–H and O–H groups in total. The van der Waals surface area contributed by atoms with Crippen molar-refractivity contribution in [2.45, 2.75) is 20.1 Å². The monoisotopic (exact) mass is 300 g/mol. The van der Waals surface area contributed by atoms with Gasteiger partial charge in [-0.2, -0.15) is 5.26 Å². The summed E-state index contributed by atoms with van der Waals surface area (Å²) >= 11 is 6.23. The fourth-order valence-electron chi connectivity index (χ4n) is 2.02. The molecule has 0 unspecified atom stereocenters. The summed E-state index contributed by atoms with van der Waals surface area (Å²) in [5, 5.41) is 12.9. The average molecular weight is 301 g/mol. The van der Waals surface area contributed by atoms with E-state index in [1.807, 2.05) is 43.3 Å². The van der Waals surface area contributed by atoms with Gasteiger partial charge in [0.15, 0.2) is 0 Å². The van der Waals surface area contributed by atoms with Crippen LogP contribution in [-0.2, 0) is 13.2 Å². The molecule has 2 aromatic carbocycles. The first-order valence-corrected chi connectivity index (χ1v) is 7.23. The van der Waals surface area contributed by atoms with E-state index in [1.165, 1.54) is 0 Å². The number of nitrogens with one attached hydrogen (secondary N) is 1. The van der Waals surface area contributed by atoms with E-state index in [1.54, 1.807) is 6.07 Å². The molecule has 21 heavy (non-hydrogen) atoms. The molecule has 0 heterocycles. The molecule has 0 aliphatic carbocycles. The van der Waals surface area contributed by atoms with E-state index < -0.39 is 0 Å². The lowest BCUT2D eigenvalue weighted by molar-refractivity contribution is 0.302. The van der Waals surface area contributed by atoms with Gasteiger partial charge in [-0.25, -0.2) is 0 Å². The molecule has 0 amide bonds. The zero-order valence-corrected chi connectivity index (χ0v) is 12.7. The summed E-state index contributed by atoms with van der Waals surface area (Å²) < 4.78 is 5.87. The van der Waals surface area contributed by atoms with E-state index in [4.69, 9.17) is 21.6 Å². The van der Waals surface area contributed by atoms with Gasteiger partial charge in [0, 0.05) is 17.7 Å². The maximum absolute atomic E-state index is 9.10. The summed E-state index contributed by atoms with van der Waals surface area (Å²) in [5.74, 6) is 0.674. The van der Waals surface area contributed by atoms with Crippen molar-refractivity contribution in [2.75, 3.05) is 6.54 Å². The molecule has 0 saturated heterocycles. The van der Waals surface area contributed by atoms with E-state index in [2.05, 4.69) is 11.4 Å². The Hall–Kier alpha value is -2.02. The van der Waals surface area contributed by atoms with Gasteiger partial charge < -0.3 is 10.1 Å². The van der Waals surface area contributed by atoms with Crippen LogP contribution in [0.3, 0.4) is 0 Å². The van der Waals surface area contributed by atoms with Crippen LogP contribution in [-0.4, -0.2) is 6.54 Å². The van der Waals surface area contributed by atoms with Gasteiger partial charge in [-0.3, -0.25) is 0 Å². The standard InChI is InChI=1S/C17H17ClN2O/c1-2-20-11-14-8-5-9-16(18)17(14)21-12-15-7-4-3-6-13(15)10-19/h3-9,20H,2,11-12H2,1H3. The number of hydrogen-bond donors (Lipinski definition) is 1. The molecule has 0 spiro atoms. The minimum absolute atomic E-state index is 0.326. The Bertz CT molecular complexity index is 649. The molecule has 108 valence electrons. The Labute approximate surface area is 130 Å². The smallest absolute Gasteiger partial charge is 0.142 e. The van der Waals surface area contributed by atoms with Gasteiger partial charge in [-0.1, -0.05) is 48.9 Å². The highest BCUT2D eigenvalue weighted by Gasteiger charge is 2.09. The molecule has 0 aliphatic heterocycles. The van der Waals surface area contributed by atoms with Crippen LogP contribution in [0.25, 0.3) is 0 Å². The lowest BCUT2D eigenvalue weighted by Gasteiger charge is -2.14. The summed E-state index contributed by atoms with van der Waals surface area (Å²) in [5.41, 5.74) is 2.49. The van der Waals surface area contributed by atoms with E-state index in [0.717, 1.165) is 17.7 Å². The van der Waals surface area contributed by atoms with Crippen LogP contribution in [0.2, 0.25) is 5.02 Å². The third kappa shape index (κ3) is 3.98. The minimum Gasteiger partial charge on any atom is -0.487 e. The number of halogens is 1. The van der Waals surface area contributed by atoms with Gasteiger partial charge in [-0.15, -0.1) is 0 Å².